The first-order valence-electron chi connectivity index (χ1n) is 6.76. The summed E-state index contributed by atoms with van der Waals surface area (Å²) in [6, 6.07) is 13.6. The van der Waals surface area contributed by atoms with E-state index in [1.165, 1.54) is 21.7 Å². The highest BCUT2D eigenvalue weighted by Gasteiger charge is 2.16. The van der Waals surface area contributed by atoms with Gasteiger partial charge in [-0.2, -0.15) is 0 Å². The molecule has 2 aromatic carbocycles. The number of nitrogens with one attached hydrogen (secondary N) is 1. The van der Waals surface area contributed by atoms with Crippen molar-refractivity contribution in [1.82, 2.24) is 5.32 Å². The number of hydrogen-bond acceptors (Lipinski definition) is 2. The summed E-state index contributed by atoms with van der Waals surface area (Å²) in [6.45, 7) is 0. The highest BCUT2D eigenvalue weighted by atomic mass is 79.9. The van der Waals surface area contributed by atoms with Crippen LogP contribution in [-0.4, -0.2) is 7.05 Å². The molecule has 1 aromatic heterocycles. The maximum absolute atomic E-state index is 14.2. The molecule has 0 amide bonds. The molecule has 3 rings (SSSR count). The topological polar surface area (TPSA) is 12.0 Å². The second-order valence-corrected chi connectivity index (χ2v) is 6.80. The van der Waals surface area contributed by atoms with Gasteiger partial charge in [0.05, 0.1) is 0 Å². The molecule has 0 radical (unpaired) electrons. The molecule has 1 unspecified atom stereocenters. The Kier molecular flexibility index (Phi) is 4.38. The lowest BCUT2D eigenvalue weighted by Crippen LogP contribution is -2.20. The van der Waals surface area contributed by atoms with Crippen molar-refractivity contribution in [3.05, 3.63) is 69.3 Å². The van der Waals surface area contributed by atoms with Gasteiger partial charge in [0.2, 0.25) is 0 Å². The van der Waals surface area contributed by atoms with Crippen LogP contribution in [0.4, 0.5) is 4.39 Å². The van der Waals surface area contributed by atoms with Crippen molar-refractivity contribution < 1.29 is 4.39 Å². The van der Waals surface area contributed by atoms with E-state index in [4.69, 9.17) is 0 Å². The molecule has 1 atom stereocenters. The second-order valence-electron chi connectivity index (χ2n) is 4.97. The third-order valence-electron chi connectivity index (χ3n) is 3.67. The highest BCUT2D eigenvalue weighted by Crippen LogP contribution is 2.30. The smallest absolute Gasteiger partial charge is 0.129 e. The number of thiophene rings is 1. The van der Waals surface area contributed by atoms with Gasteiger partial charge in [0.15, 0.2) is 0 Å². The van der Waals surface area contributed by atoms with Crippen LogP contribution in [0.1, 0.15) is 17.2 Å². The summed E-state index contributed by atoms with van der Waals surface area (Å²) in [5, 5.41) is 6.67. The molecule has 4 heteroatoms. The van der Waals surface area contributed by atoms with Gasteiger partial charge in [-0.1, -0.05) is 40.2 Å². The van der Waals surface area contributed by atoms with Gasteiger partial charge < -0.3 is 5.32 Å². The van der Waals surface area contributed by atoms with E-state index < -0.39 is 0 Å². The summed E-state index contributed by atoms with van der Waals surface area (Å²) >= 11 is 5.04. The molecule has 0 aliphatic heterocycles. The molecular weight excluding hydrogens is 349 g/mol. The van der Waals surface area contributed by atoms with Crippen LogP contribution in [0.25, 0.3) is 10.1 Å². The Hall–Kier alpha value is -1.23. The number of fused-ring (bicyclic) bond motifs is 1. The molecule has 0 spiro atoms. The van der Waals surface area contributed by atoms with Crippen molar-refractivity contribution in [2.45, 2.75) is 12.5 Å². The van der Waals surface area contributed by atoms with Crippen molar-refractivity contribution in [1.29, 1.82) is 0 Å². The van der Waals surface area contributed by atoms with Gasteiger partial charge in [0.1, 0.15) is 5.82 Å². The monoisotopic (exact) mass is 363 g/mol. The predicted octanol–water partition coefficient (Wildman–Crippen LogP) is 5.31. The molecular formula is C17H15BrFNS. The lowest BCUT2D eigenvalue weighted by Gasteiger charge is -2.17. The molecule has 0 bridgehead atoms. The Balaban J connectivity index is 1.94. The molecule has 0 fully saturated rings. The van der Waals surface area contributed by atoms with Crippen LogP contribution in [0.5, 0.6) is 0 Å². The molecule has 1 heterocycles. The molecule has 3 aromatic rings. The molecule has 108 valence electrons. The number of likely N-dealkylation sites (N-methyl/N-ethyl adjacent to an activating group) is 1. The van der Waals surface area contributed by atoms with Crippen LogP contribution in [0.2, 0.25) is 0 Å². The Labute approximate surface area is 135 Å². The predicted molar refractivity (Wildman–Crippen MR) is 91.4 cm³/mol. The summed E-state index contributed by atoms with van der Waals surface area (Å²) in [5.41, 5.74) is 1.97. The Morgan fingerprint density at radius 1 is 1.24 bits per heavy atom. The molecule has 0 aliphatic carbocycles. The fourth-order valence-corrected chi connectivity index (χ4v) is 3.87. The van der Waals surface area contributed by atoms with E-state index in [2.05, 4.69) is 38.8 Å². The number of halogens is 2. The SMILES string of the molecule is CNC(Cc1csc2ccccc12)c1ccc(Br)cc1F. The second kappa shape index (κ2) is 6.26. The van der Waals surface area contributed by atoms with Crippen molar-refractivity contribution in [2.24, 2.45) is 0 Å². The Bertz CT molecular complexity index is 768. The lowest BCUT2D eigenvalue weighted by molar-refractivity contribution is 0.535. The van der Waals surface area contributed by atoms with E-state index in [1.807, 2.05) is 31.3 Å². The van der Waals surface area contributed by atoms with Gasteiger partial charge in [-0.15, -0.1) is 11.3 Å². The fraction of sp³-hybridized carbons (Fsp3) is 0.176. The standard InChI is InChI=1S/C17H15BrFNS/c1-20-16(14-7-6-12(18)9-15(14)19)8-11-10-21-17-5-3-2-4-13(11)17/h2-7,9-10,16,20H,8H2,1H3. The van der Waals surface area contributed by atoms with E-state index in [9.17, 15) is 4.39 Å². The van der Waals surface area contributed by atoms with E-state index in [0.717, 1.165) is 10.9 Å². The van der Waals surface area contributed by atoms with E-state index in [1.54, 1.807) is 11.3 Å². The normalized spacial score (nSPS) is 12.7. The summed E-state index contributed by atoms with van der Waals surface area (Å²) < 4.78 is 16.2. The summed E-state index contributed by atoms with van der Waals surface area (Å²) in [6.07, 6.45) is 0.777. The average Bonchev–Trinajstić information content (AvgIpc) is 2.89. The zero-order valence-electron chi connectivity index (χ0n) is 11.6. The van der Waals surface area contributed by atoms with Crippen LogP contribution in [0.15, 0.2) is 52.3 Å². The van der Waals surface area contributed by atoms with Crippen LogP contribution < -0.4 is 5.32 Å². The van der Waals surface area contributed by atoms with Crippen LogP contribution in [-0.2, 0) is 6.42 Å². The summed E-state index contributed by atoms with van der Waals surface area (Å²) in [5.74, 6) is -0.178. The molecule has 21 heavy (non-hydrogen) atoms. The van der Waals surface area contributed by atoms with Gasteiger partial charge in [-0.3, -0.25) is 0 Å². The lowest BCUT2D eigenvalue weighted by atomic mass is 9.98. The molecule has 0 aliphatic rings. The Morgan fingerprint density at radius 3 is 2.81 bits per heavy atom. The Morgan fingerprint density at radius 2 is 2.05 bits per heavy atom. The molecule has 1 N–H and O–H groups in total. The van der Waals surface area contributed by atoms with Gasteiger partial charge >= 0.3 is 0 Å². The van der Waals surface area contributed by atoms with Crippen LogP contribution in [0.3, 0.4) is 0 Å². The maximum atomic E-state index is 14.2. The third kappa shape index (κ3) is 3.03. The minimum absolute atomic E-state index is 0.0314. The summed E-state index contributed by atoms with van der Waals surface area (Å²) in [4.78, 5) is 0. The van der Waals surface area contributed by atoms with Crippen molar-refractivity contribution in [2.75, 3.05) is 7.05 Å². The molecule has 1 nitrogen and oxygen atoms in total. The maximum Gasteiger partial charge on any atom is 0.129 e. The van der Waals surface area contributed by atoms with E-state index in [0.29, 0.717) is 5.56 Å². The highest BCUT2D eigenvalue weighted by molar-refractivity contribution is 9.10. The fourth-order valence-electron chi connectivity index (χ4n) is 2.56. The number of rotatable bonds is 4. The van der Waals surface area contributed by atoms with Crippen LogP contribution in [0, 0.1) is 5.82 Å². The molecule has 0 saturated heterocycles. The average molecular weight is 364 g/mol. The minimum Gasteiger partial charge on any atom is -0.313 e. The zero-order chi connectivity index (χ0) is 14.8. The van der Waals surface area contributed by atoms with Crippen molar-refractivity contribution in [3.63, 3.8) is 0 Å². The van der Waals surface area contributed by atoms with Crippen molar-refractivity contribution >= 4 is 37.4 Å². The zero-order valence-corrected chi connectivity index (χ0v) is 14.0. The number of benzene rings is 2. The third-order valence-corrected chi connectivity index (χ3v) is 5.18. The minimum atomic E-state index is -0.178. The first-order valence-corrected chi connectivity index (χ1v) is 8.43. The summed E-state index contributed by atoms with van der Waals surface area (Å²) in [7, 11) is 1.88. The number of hydrogen-bond donors (Lipinski definition) is 1. The van der Waals surface area contributed by atoms with Gasteiger partial charge in [0.25, 0.3) is 0 Å². The molecule has 0 saturated carbocycles. The van der Waals surface area contributed by atoms with Gasteiger partial charge in [-0.25, -0.2) is 4.39 Å². The first kappa shape index (κ1) is 14.7. The quantitative estimate of drug-likeness (QED) is 0.662. The van der Waals surface area contributed by atoms with Gasteiger partial charge in [0, 0.05) is 20.8 Å². The van der Waals surface area contributed by atoms with E-state index >= 15 is 0 Å². The first-order chi connectivity index (χ1) is 10.2. The van der Waals surface area contributed by atoms with Crippen molar-refractivity contribution in [3.8, 4) is 0 Å². The largest absolute Gasteiger partial charge is 0.313 e. The van der Waals surface area contributed by atoms with Crippen LogP contribution >= 0.6 is 27.3 Å². The van der Waals surface area contributed by atoms with E-state index in [-0.39, 0.29) is 11.9 Å². The van der Waals surface area contributed by atoms with Gasteiger partial charge in [-0.05, 0) is 48.0 Å².